The zero-order chi connectivity index (χ0) is 16.7. The number of rotatable bonds is 3. The van der Waals surface area contributed by atoms with E-state index in [1.165, 1.54) is 24.3 Å². The SMILES string of the molecule is O=Cc1cc([N+](=O)[O-])ccc1O.O=[N+]([O-])c1ccc(O)cc1. The van der Waals surface area contributed by atoms with Crippen molar-refractivity contribution >= 4 is 17.7 Å². The van der Waals surface area contributed by atoms with Crippen LogP contribution < -0.4 is 0 Å². The van der Waals surface area contributed by atoms with Gasteiger partial charge in [-0.15, -0.1) is 0 Å². The number of aldehydes is 1. The number of phenols is 2. The Bertz CT molecular complexity index is 698. The topological polar surface area (TPSA) is 144 Å². The van der Waals surface area contributed by atoms with Gasteiger partial charge >= 0.3 is 0 Å². The maximum Gasteiger partial charge on any atom is 0.270 e. The standard InChI is InChI=1S/C7H5NO4.C6H5NO3/c9-4-5-3-6(8(11)12)1-2-7(5)10;8-6-3-1-5(2-4-6)7(9)10/h1-4,10H;1-4,8H. The third-order valence-corrected chi connectivity index (χ3v) is 2.41. The van der Waals surface area contributed by atoms with Crippen LogP contribution in [0.5, 0.6) is 11.5 Å². The number of non-ortho nitro benzene ring substituents is 2. The Kier molecular flexibility index (Phi) is 5.52. The lowest BCUT2D eigenvalue weighted by Gasteiger charge is -1.95. The molecule has 0 fully saturated rings. The van der Waals surface area contributed by atoms with Crippen molar-refractivity contribution in [1.82, 2.24) is 0 Å². The van der Waals surface area contributed by atoms with Crippen LogP contribution in [0.4, 0.5) is 11.4 Å². The highest BCUT2D eigenvalue weighted by Gasteiger charge is 2.08. The summed E-state index contributed by atoms with van der Waals surface area (Å²) in [7, 11) is 0. The fourth-order valence-electron chi connectivity index (χ4n) is 1.32. The second-order valence-corrected chi connectivity index (χ2v) is 3.89. The van der Waals surface area contributed by atoms with Gasteiger partial charge in [-0.25, -0.2) is 0 Å². The summed E-state index contributed by atoms with van der Waals surface area (Å²) in [5, 5.41) is 37.9. The molecule has 0 aliphatic rings. The lowest BCUT2D eigenvalue weighted by atomic mass is 10.2. The van der Waals surface area contributed by atoms with Crippen molar-refractivity contribution < 1.29 is 24.9 Å². The molecule has 0 saturated carbocycles. The second-order valence-electron chi connectivity index (χ2n) is 3.89. The van der Waals surface area contributed by atoms with E-state index in [9.17, 15) is 25.0 Å². The zero-order valence-electron chi connectivity index (χ0n) is 10.9. The number of nitro groups is 2. The first-order valence-corrected chi connectivity index (χ1v) is 5.71. The number of nitro benzene ring substituents is 2. The second kappa shape index (κ2) is 7.33. The highest BCUT2D eigenvalue weighted by molar-refractivity contribution is 5.80. The van der Waals surface area contributed by atoms with Crippen molar-refractivity contribution in [3.8, 4) is 11.5 Å². The van der Waals surface area contributed by atoms with E-state index in [0.29, 0.717) is 6.29 Å². The van der Waals surface area contributed by atoms with Gasteiger partial charge in [0.05, 0.1) is 15.4 Å². The molecule has 9 heteroatoms. The average molecular weight is 306 g/mol. The van der Waals surface area contributed by atoms with Crippen LogP contribution in [-0.4, -0.2) is 26.3 Å². The molecule has 0 aromatic heterocycles. The predicted molar refractivity (Wildman–Crippen MR) is 74.9 cm³/mol. The van der Waals surface area contributed by atoms with Crippen molar-refractivity contribution in [2.45, 2.75) is 0 Å². The summed E-state index contributed by atoms with van der Waals surface area (Å²) in [5.74, 6) is -0.221. The number of hydrogen-bond donors (Lipinski definition) is 2. The number of phenolic OH excluding ortho intramolecular Hbond substituents is 2. The van der Waals surface area contributed by atoms with E-state index in [4.69, 9.17) is 10.2 Å². The van der Waals surface area contributed by atoms with Crippen molar-refractivity contribution in [1.29, 1.82) is 0 Å². The molecule has 0 aliphatic heterocycles. The van der Waals surface area contributed by atoms with E-state index < -0.39 is 9.85 Å². The first-order chi connectivity index (χ1) is 10.3. The molecule has 0 aliphatic carbocycles. The Morgan fingerprint density at radius 2 is 1.36 bits per heavy atom. The zero-order valence-corrected chi connectivity index (χ0v) is 10.9. The molecular weight excluding hydrogens is 296 g/mol. The summed E-state index contributed by atoms with van der Waals surface area (Å²) in [6.07, 6.45) is 0.363. The number of carbonyl (C=O) groups is 1. The van der Waals surface area contributed by atoms with Crippen LogP contribution in [-0.2, 0) is 0 Å². The van der Waals surface area contributed by atoms with E-state index in [1.54, 1.807) is 0 Å². The Morgan fingerprint density at radius 1 is 0.864 bits per heavy atom. The molecule has 0 heterocycles. The van der Waals surface area contributed by atoms with Crippen LogP contribution >= 0.6 is 0 Å². The minimum atomic E-state index is -0.633. The van der Waals surface area contributed by atoms with Gasteiger partial charge in [-0.3, -0.25) is 25.0 Å². The fraction of sp³-hybridized carbons (Fsp3) is 0. The molecule has 0 spiro atoms. The smallest absolute Gasteiger partial charge is 0.270 e. The van der Waals surface area contributed by atoms with Gasteiger partial charge in [0.15, 0.2) is 6.29 Å². The maximum absolute atomic E-state index is 10.2. The van der Waals surface area contributed by atoms with E-state index >= 15 is 0 Å². The lowest BCUT2D eigenvalue weighted by molar-refractivity contribution is -0.385. The van der Waals surface area contributed by atoms with Crippen LogP contribution in [0.1, 0.15) is 10.4 Å². The van der Waals surface area contributed by atoms with Gasteiger partial charge in [0, 0.05) is 24.3 Å². The Labute approximate surface area is 123 Å². The molecule has 0 radical (unpaired) electrons. The summed E-state index contributed by atoms with van der Waals surface area (Å²) < 4.78 is 0. The van der Waals surface area contributed by atoms with Gasteiger partial charge in [0.25, 0.3) is 11.4 Å². The Hall–Kier alpha value is -3.49. The summed E-state index contributed by atoms with van der Waals surface area (Å²) in [6.45, 7) is 0. The third-order valence-electron chi connectivity index (χ3n) is 2.41. The van der Waals surface area contributed by atoms with Crippen LogP contribution in [0.3, 0.4) is 0 Å². The van der Waals surface area contributed by atoms with Crippen molar-refractivity contribution in [2.75, 3.05) is 0 Å². The van der Waals surface area contributed by atoms with Crippen molar-refractivity contribution in [3.05, 3.63) is 68.3 Å². The van der Waals surface area contributed by atoms with Gasteiger partial charge in [0.2, 0.25) is 0 Å². The lowest BCUT2D eigenvalue weighted by Crippen LogP contribution is -1.89. The predicted octanol–water partition coefficient (Wildman–Crippen LogP) is 2.41. The van der Waals surface area contributed by atoms with Crippen LogP contribution in [0.2, 0.25) is 0 Å². The summed E-state index contributed by atoms with van der Waals surface area (Å²) in [5.41, 5.74) is -0.308. The van der Waals surface area contributed by atoms with E-state index in [0.717, 1.165) is 18.2 Å². The molecule has 0 saturated heterocycles. The highest BCUT2D eigenvalue weighted by Crippen LogP contribution is 2.20. The molecule has 114 valence electrons. The Morgan fingerprint density at radius 3 is 1.82 bits per heavy atom. The molecular formula is C13H10N2O7. The van der Waals surface area contributed by atoms with E-state index in [-0.39, 0.29) is 28.4 Å². The van der Waals surface area contributed by atoms with Gasteiger partial charge in [0.1, 0.15) is 11.5 Å². The molecule has 9 nitrogen and oxygen atoms in total. The summed E-state index contributed by atoms with van der Waals surface area (Å²) in [6, 6.07) is 8.30. The molecule has 2 aromatic rings. The molecule has 2 N–H and O–H groups in total. The van der Waals surface area contributed by atoms with Gasteiger partial charge in [-0.05, 0) is 18.2 Å². The highest BCUT2D eigenvalue weighted by atomic mass is 16.6. The Balaban J connectivity index is 0.000000224. The largest absolute Gasteiger partial charge is 0.508 e. The van der Waals surface area contributed by atoms with Crippen molar-refractivity contribution in [2.24, 2.45) is 0 Å². The average Bonchev–Trinajstić information content (AvgIpc) is 2.48. The summed E-state index contributed by atoms with van der Waals surface area (Å²) >= 11 is 0. The molecule has 0 unspecified atom stereocenters. The minimum absolute atomic E-state index is 0.0159. The molecule has 0 atom stereocenters. The quantitative estimate of drug-likeness (QED) is 0.503. The number of carbonyl (C=O) groups excluding carboxylic acids is 1. The van der Waals surface area contributed by atoms with Crippen LogP contribution in [0, 0.1) is 20.2 Å². The van der Waals surface area contributed by atoms with Crippen molar-refractivity contribution in [3.63, 3.8) is 0 Å². The number of hydrogen-bond acceptors (Lipinski definition) is 7. The normalized spacial score (nSPS) is 9.27. The van der Waals surface area contributed by atoms with E-state index in [1.807, 2.05) is 0 Å². The number of aromatic hydroxyl groups is 2. The first-order valence-electron chi connectivity index (χ1n) is 5.71. The molecule has 0 amide bonds. The van der Waals surface area contributed by atoms with Crippen LogP contribution in [0.15, 0.2) is 42.5 Å². The number of nitrogens with zero attached hydrogens (tertiary/aromatic N) is 2. The maximum atomic E-state index is 10.2. The van der Waals surface area contributed by atoms with Crippen LogP contribution in [0.25, 0.3) is 0 Å². The molecule has 0 bridgehead atoms. The molecule has 2 aromatic carbocycles. The van der Waals surface area contributed by atoms with Gasteiger partial charge < -0.3 is 10.2 Å². The van der Waals surface area contributed by atoms with Gasteiger partial charge in [-0.1, -0.05) is 0 Å². The van der Waals surface area contributed by atoms with Gasteiger partial charge in [-0.2, -0.15) is 0 Å². The molecule has 22 heavy (non-hydrogen) atoms. The monoisotopic (exact) mass is 306 g/mol. The first kappa shape index (κ1) is 16.6. The fourth-order valence-corrected chi connectivity index (χ4v) is 1.32. The molecule has 2 rings (SSSR count). The van der Waals surface area contributed by atoms with E-state index in [2.05, 4.69) is 0 Å². The number of benzene rings is 2. The minimum Gasteiger partial charge on any atom is -0.508 e. The summed E-state index contributed by atoms with van der Waals surface area (Å²) in [4.78, 5) is 29.3. The third kappa shape index (κ3) is 4.56.